The van der Waals surface area contributed by atoms with E-state index >= 15 is 0 Å². The largest absolute Gasteiger partial charge is 0.573 e. The fourth-order valence-corrected chi connectivity index (χ4v) is 3.93. The van der Waals surface area contributed by atoms with E-state index in [2.05, 4.69) is 14.4 Å². The second-order valence-corrected chi connectivity index (χ2v) is 9.87. The van der Waals surface area contributed by atoms with E-state index in [0.717, 1.165) is 11.3 Å². The molecule has 3 aromatic carbocycles. The van der Waals surface area contributed by atoms with Gasteiger partial charge in [0.1, 0.15) is 12.1 Å². The maximum absolute atomic E-state index is 12.4. The third-order valence-electron chi connectivity index (χ3n) is 4.97. The molecule has 1 aromatic heterocycles. The van der Waals surface area contributed by atoms with Gasteiger partial charge in [-0.05, 0) is 67.4 Å². The number of hydrogen-bond donors (Lipinski definition) is 1. The lowest BCUT2D eigenvalue weighted by atomic mass is 10.0. The van der Waals surface area contributed by atoms with Crippen LogP contribution in [-0.2, 0) is 10.0 Å². The second kappa shape index (κ2) is 8.43. The summed E-state index contributed by atoms with van der Waals surface area (Å²) in [6, 6.07) is 18.1. The molecule has 0 fully saturated rings. The summed E-state index contributed by atoms with van der Waals surface area (Å²) in [5, 5.41) is -0.581. The highest BCUT2D eigenvalue weighted by Gasteiger charge is 2.31. The Balaban J connectivity index is 1.67. The topological polar surface area (TPSA) is 73.2 Å². The molecular formula is C23H20F3N3O3S. The second-order valence-electron chi connectivity index (χ2n) is 7.64. The number of imidazole rings is 1. The molecule has 33 heavy (non-hydrogen) atoms. The van der Waals surface area contributed by atoms with Crippen LogP contribution in [0.1, 0.15) is 13.8 Å². The third-order valence-corrected chi connectivity index (χ3v) is 6.73. The number of sulfonamides is 1. The minimum Gasteiger partial charge on any atom is -0.406 e. The Morgan fingerprint density at radius 3 is 2.36 bits per heavy atom. The van der Waals surface area contributed by atoms with Gasteiger partial charge < -0.3 is 4.74 Å². The zero-order valence-electron chi connectivity index (χ0n) is 17.7. The molecule has 0 atom stereocenters. The number of alkyl halides is 3. The summed E-state index contributed by atoms with van der Waals surface area (Å²) in [4.78, 5) is 4.38. The van der Waals surface area contributed by atoms with Crippen molar-refractivity contribution in [3.05, 3.63) is 73.1 Å². The van der Waals surface area contributed by atoms with Crippen LogP contribution in [0.5, 0.6) is 5.75 Å². The molecule has 4 rings (SSSR count). The molecule has 0 aliphatic heterocycles. The van der Waals surface area contributed by atoms with Gasteiger partial charge in [0.15, 0.2) is 0 Å². The van der Waals surface area contributed by atoms with Crippen molar-refractivity contribution in [3.63, 3.8) is 0 Å². The van der Waals surface area contributed by atoms with Crippen molar-refractivity contribution in [1.82, 2.24) is 9.55 Å². The lowest BCUT2D eigenvalue weighted by molar-refractivity contribution is -0.274. The highest BCUT2D eigenvalue weighted by atomic mass is 32.2. The third kappa shape index (κ3) is 5.11. The number of benzene rings is 3. The Bertz CT molecular complexity index is 1400. The smallest absolute Gasteiger partial charge is 0.406 e. The van der Waals surface area contributed by atoms with E-state index in [4.69, 9.17) is 0 Å². The van der Waals surface area contributed by atoms with Crippen LogP contribution in [0.3, 0.4) is 0 Å². The van der Waals surface area contributed by atoms with Crippen molar-refractivity contribution in [2.45, 2.75) is 25.5 Å². The molecule has 0 aliphatic carbocycles. The summed E-state index contributed by atoms with van der Waals surface area (Å²) >= 11 is 0. The van der Waals surface area contributed by atoms with Gasteiger partial charge in [-0.25, -0.2) is 13.4 Å². The van der Waals surface area contributed by atoms with Crippen LogP contribution >= 0.6 is 0 Å². The van der Waals surface area contributed by atoms with Gasteiger partial charge in [-0.2, -0.15) is 0 Å². The van der Waals surface area contributed by atoms with Gasteiger partial charge >= 0.3 is 6.36 Å². The fourth-order valence-electron chi connectivity index (χ4n) is 3.24. The van der Waals surface area contributed by atoms with Gasteiger partial charge in [0.05, 0.1) is 22.0 Å². The molecule has 1 heterocycles. The normalized spacial score (nSPS) is 12.3. The number of halogens is 3. The SMILES string of the molecule is CC(C)S(=O)(=O)Nc1ccc2ncn(-c3cccc(-c4ccc(OC(F)(F)F)cc4)c3)c2c1. The van der Waals surface area contributed by atoms with Crippen LogP contribution in [0.15, 0.2) is 73.1 Å². The minimum atomic E-state index is -4.74. The molecule has 10 heteroatoms. The molecule has 1 N–H and O–H groups in total. The maximum atomic E-state index is 12.4. The summed E-state index contributed by atoms with van der Waals surface area (Å²) < 4.78 is 69.9. The number of rotatable bonds is 6. The van der Waals surface area contributed by atoms with Gasteiger partial charge in [0, 0.05) is 5.69 Å². The zero-order valence-corrected chi connectivity index (χ0v) is 18.5. The van der Waals surface area contributed by atoms with Crippen LogP contribution in [0.4, 0.5) is 18.9 Å². The van der Waals surface area contributed by atoms with Crippen molar-refractivity contribution in [3.8, 4) is 22.6 Å². The molecule has 0 unspecified atom stereocenters. The first-order valence-electron chi connectivity index (χ1n) is 9.97. The van der Waals surface area contributed by atoms with Gasteiger partial charge in [-0.3, -0.25) is 9.29 Å². The van der Waals surface area contributed by atoms with E-state index in [1.165, 1.54) is 12.1 Å². The maximum Gasteiger partial charge on any atom is 0.573 e. The highest BCUT2D eigenvalue weighted by molar-refractivity contribution is 7.93. The van der Waals surface area contributed by atoms with Gasteiger partial charge in [-0.1, -0.05) is 24.3 Å². The Labute approximate surface area is 188 Å². The number of aromatic nitrogens is 2. The monoisotopic (exact) mass is 475 g/mol. The predicted octanol–water partition coefficient (Wildman–Crippen LogP) is 5.74. The first kappa shape index (κ1) is 22.7. The van der Waals surface area contributed by atoms with E-state index < -0.39 is 21.6 Å². The summed E-state index contributed by atoms with van der Waals surface area (Å²) in [5.41, 5.74) is 4.06. The minimum absolute atomic E-state index is 0.292. The van der Waals surface area contributed by atoms with Crippen molar-refractivity contribution in [1.29, 1.82) is 0 Å². The molecule has 0 amide bonds. The predicted molar refractivity (Wildman–Crippen MR) is 121 cm³/mol. The number of nitrogens with one attached hydrogen (secondary N) is 1. The quantitative estimate of drug-likeness (QED) is 0.386. The number of ether oxygens (including phenoxy) is 1. The number of anilines is 1. The van der Waals surface area contributed by atoms with Crippen LogP contribution < -0.4 is 9.46 Å². The lowest BCUT2D eigenvalue weighted by Gasteiger charge is -2.12. The Kier molecular flexibility index (Phi) is 5.79. The molecule has 0 spiro atoms. The Morgan fingerprint density at radius 1 is 0.970 bits per heavy atom. The van der Waals surface area contributed by atoms with E-state index in [-0.39, 0.29) is 5.75 Å². The number of fused-ring (bicyclic) bond motifs is 1. The molecule has 4 aromatic rings. The van der Waals surface area contributed by atoms with Crippen molar-refractivity contribution in [2.24, 2.45) is 0 Å². The van der Waals surface area contributed by atoms with E-state index in [0.29, 0.717) is 22.3 Å². The fraction of sp³-hybridized carbons (Fsp3) is 0.174. The van der Waals surface area contributed by atoms with E-state index in [9.17, 15) is 21.6 Å². The van der Waals surface area contributed by atoms with Gasteiger partial charge in [0.25, 0.3) is 0 Å². The molecule has 0 saturated carbocycles. The van der Waals surface area contributed by atoms with Crippen molar-refractivity contribution < 1.29 is 26.3 Å². The summed E-state index contributed by atoms with van der Waals surface area (Å²) in [5.74, 6) is -0.292. The summed E-state index contributed by atoms with van der Waals surface area (Å²) in [7, 11) is -3.50. The molecule has 0 bridgehead atoms. The van der Waals surface area contributed by atoms with Crippen molar-refractivity contribution in [2.75, 3.05) is 4.72 Å². The highest BCUT2D eigenvalue weighted by Crippen LogP contribution is 2.29. The van der Waals surface area contributed by atoms with Crippen LogP contribution in [-0.4, -0.2) is 29.6 Å². The van der Waals surface area contributed by atoms with Crippen LogP contribution in [0, 0.1) is 0 Å². The van der Waals surface area contributed by atoms with E-state index in [1.807, 2.05) is 28.8 Å². The summed E-state index contributed by atoms with van der Waals surface area (Å²) in [6.07, 6.45) is -3.11. The standard InChI is InChI=1S/C23H20F3N3O3S/c1-15(2)33(30,31)28-18-8-11-21-22(13-18)29(14-27-21)19-5-3-4-17(12-19)16-6-9-20(10-7-16)32-23(24,25)26/h3-15,28H,1-2H3. The number of hydrogen-bond acceptors (Lipinski definition) is 4. The average Bonchev–Trinajstić information content (AvgIpc) is 3.16. The van der Waals surface area contributed by atoms with E-state index in [1.54, 1.807) is 50.5 Å². The molecule has 0 aliphatic rings. The number of nitrogens with zero attached hydrogens (tertiary/aromatic N) is 2. The summed E-state index contributed by atoms with van der Waals surface area (Å²) in [6.45, 7) is 3.19. The lowest BCUT2D eigenvalue weighted by Crippen LogP contribution is -2.22. The first-order valence-corrected chi connectivity index (χ1v) is 11.5. The average molecular weight is 475 g/mol. The molecular weight excluding hydrogens is 455 g/mol. The molecule has 0 radical (unpaired) electrons. The zero-order chi connectivity index (χ0) is 23.8. The van der Waals surface area contributed by atoms with Gasteiger partial charge in [0.2, 0.25) is 10.0 Å². The van der Waals surface area contributed by atoms with Crippen LogP contribution in [0.2, 0.25) is 0 Å². The molecule has 172 valence electrons. The van der Waals surface area contributed by atoms with Crippen molar-refractivity contribution >= 4 is 26.7 Å². The first-order chi connectivity index (χ1) is 15.5. The van der Waals surface area contributed by atoms with Gasteiger partial charge in [-0.15, -0.1) is 13.2 Å². The van der Waals surface area contributed by atoms with Crippen LogP contribution in [0.25, 0.3) is 27.8 Å². The molecule has 6 nitrogen and oxygen atoms in total. The molecule has 0 saturated heterocycles. The Morgan fingerprint density at radius 2 is 1.70 bits per heavy atom. The Hall–Kier alpha value is -3.53.